The molecule has 0 saturated carbocycles. The zero-order valence-electron chi connectivity index (χ0n) is 21.7. The predicted molar refractivity (Wildman–Crippen MR) is 137 cm³/mol. The van der Waals surface area contributed by atoms with E-state index in [2.05, 4.69) is 6.58 Å². The second-order valence-electron chi connectivity index (χ2n) is 10.1. The Morgan fingerprint density at radius 3 is 2.06 bits per heavy atom. The molecule has 9 heteroatoms. The maximum Gasteiger partial charge on any atom is 0.414 e. The molecule has 0 fully saturated rings. The van der Waals surface area contributed by atoms with E-state index in [1.54, 1.807) is 72.7 Å². The number of Topliss-reactive ketones (excluding diaryl/α,β-unsaturated/α-hetero) is 1. The van der Waals surface area contributed by atoms with Gasteiger partial charge in [0.15, 0.2) is 0 Å². The smallest absolute Gasteiger partial charge is 0.414 e. The van der Waals surface area contributed by atoms with E-state index in [1.807, 2.05) is 0 Å². The number of amides is 1. The minimum Gasteiger partial charge on any atom is -0.456 e. The second kappa shape index (κ2) is 10.7. The molecule has 1 amide bonds. The molecule has 0 atom stereocenters. The van der Waals surface area contributed by atoms with Gasteiger partial charge in [0.2, 0.25) is 5.78 Å². The van der Waals surface area contributed by atoms with E-state index >= 15 is 0 Å². The van der Waals surface area contributed by atoms with Crippen LogP contribution in [0.2, 0.25) is 0 Å². The van der Waals surface area contributed by atoms with E-state index in [0.29, 0.717) is 23.4 Å². The summed E-state index contributed by atoms with van der Waals surface area (Å²) in [6.45, 7) is 15.9. The van der Waals surface area contributed by atoms with Gasteiger partial charge < -0.3 is 9.47 Å². The number of benzene rings is 2. The lowest BCUT2D eigenvalue weighted by Crippen LogP contribution is -2.36. The van der Waals surface area contributed by atoms with Crippen LogP contribution >= 0.6 is 0 Å². The maximum absolute atomic E-state index is 12.9. The molecule has 0 aromatic heterocycles. The molecular formula is C27H32N2O7. The molecular weight excluding hydrogens is 464 g/mol. The van der Waals surface area contributed by atoms with Gasteiger partial charge in [0.05, 0.1) is 4.92 Å². The molecule has 0 aliphatic heterocycles. The zero-order valence-corrected chi connectivity index (χ0v) is 21.7. The van der Waals surface area contributed by atoms with E-state index in [4.69, 9.17) is 9.47 Å². The summed E-state index contributed by atoms with van der Waals surface area (Å²) in [7, 11) is 0. The molecule has 2 rings (SSSR count). The highest BCUT2D eigenvalue weighted by Gasteiger charge is 2.29. The number of ether oxygens (including phenoxy) is 2. The number of hydrogen-bond acceptors (Lipinski definition) is 7. The largest absolute Gasteiger partial charge is 0.456 e. The third-order valence-electron chi connectivity index (χ3n) is 4.78. The van der Waals surface area contributed by atoms with Crippen molar-refractivity contribution in [2.24, 2.45) is 0 Å². The summed E-state index contributed by atoms with van der Waals surface area (Å²) in [5.41, 5.74) is -1.21. The van der Waals surface area contributed by atoms with E-state index in [1.165, 1.54) is 23.1 Å². The summed E-state index contributed by atoms with van der Waals surface area (Å²) in [6, 6.07) is 10.9. The summed E-state index contributed by atoms with van der Waals surface area (Å²) in [6.07, 6.45) is -0.519. The van der Waals surface area contributed by atoms with Crippen LogP contribution in [0.1, 0.15) is 58.8 Å². The Labute approximate surface area is 210 Å². The van der Waals surface area contributed by atoms with Crippen molar-refractivity contribution < 1.29 is 28.8 Å². The molecule has 36 heavy (non-hydrogen) atoms. The number of ketones is 1. The van der Waals surface area contributed by atoms with Crippen LogP contribution in [0.5, 0.6) is 0 Å². The van der Waals surface area contributed by atoms with Crippen molar-refractivity contribution in [1.29, 1.82) is 0 Å². The quantitative estimate of drug-likeness (QED) is 0.0864. The third kappa shape index (κ3) is 7.24. The van der Waals surface area contributed by atoms with Crippen molar-refractivity contribution in [1.82, 2.24) is 0 Å². The van der Waals surface area contributed by atoms with Crippen LogP contribution in [0.25, 0.3) is 11.1 Å². The van der Waals surface area contributed by atoms with Crippen molar-refractivity contribution in [2.45, 2.75) is 59.7 Å². The van der Waals surface area contributed by atoms with Crippen LogP contribution in [0.4, 0.5) is 16.2 Å². The van der Waals surface area contributed by atoms with Gasteiger partial charge in [0.25, 0.3) is 5.69 Å². The average molecular weight is 497 g/mol. The lowest BCUT2D eigenvalue weighted by molar-refractivity contribution is -0.385. The van der Waals surface area contributed by atoms with Gasteiger partial charge >= 0.3 is 12.1 Å². The van der Waals surface area contributed by atoms with Gasteiger partial charge in [-0.25, -0.2) is 9.59 Å². The fraction of sp³-hybridized carbons (Fsp3) is 0.370. The molecule has 0 aliphatic rings. The standard InChI is InChI=1S/C27H32N2O7/c1-9-28(25(32)36-27(6,7)8)20-12-10-11-18(15-20)19-13-14-21(22(16-19)29(33)34)23(30)17(2)24(31)35-26(3,4)5/h10-16H,2,9H2,1,3-8H3. The van der Waals surface area contributed by atoms with Crippen LogP contribution in [0, 0.1) is 10.1 Å². The van der Waals surface area contributed by atoms with Gasteiger partial charge in [-0.3, -0.25) is 19.8 Å². The van der Waals surface area contributed by atoms with Crippen LogP contribution in [0.3, 0.4) is 0 Å². The Hall–Kier alpha value is -4.01. The molecule has 0 N–H and O–H groups in total. The molecule has 2 aromatic carbocycles. The monoisotopic (exact) mass is 496 g/mol. The molecule has 0 radical (unpaired) electrons. The molecule has 0 unspecified atom stereocenters. The summed E-state index contributed by atoms with van der Waals surface area (Å²) in [4.78, 5) is 50.3. The normalized spacial score (nSPS) is 11.4. The minimum absolute atomic E-state index is 0.278. The number of nitro groups is 1. The first-order valence-electron chi connectivity index (χ1n) is 11.4. The SMILES string of the molecule is C=C(C(=O)OC(C)(C)C)C(=O)c1ccc(-c2cccc(N(CC)C(=O)OC(C)(C)C)c2)cc1[N+](=O)[O-]. The fourth-order valence-corrected chi connectivity index (χ4v) is 3.24. The van der Waals surface area contributed by atoms with E-state index in [-0.39, 0.29) is 5.56 Å². The number of esters is 1. The molecule has 192 valence electrons. The number of nitrogens with zero attached hydrogens (tertiary/aromatic N) is 2. The number of rotatable bonds is 7. The molecule has 0 spiro atoms. The summed E-state index contributed by atoms with van der Waals surface area (Å²) >= 11 is 0. The lowest BCUT2D eigenvalue weighted by atomic mass is 9.97. The zero-order chi connectivity index (χ0) is 27.4. The van der Waals surface area contributed by atoms with Gasteiger partial charge in [0, 0.05) is 18.3 Å². The Kier molecular flexibility index (Phi) is 8.41. The molecule has 0 saturated heterocycles. The molecule has 9 nitrogen and oxygen atoms in total. The number of carbonyl (C=O) groups excluding carboxylic acids is 3. The van der Waals surface area contributed by atoms with Crippen LogP contribution in [-0.2, 0) is 14.3 Å². The van der Waals surface area contributed by atoms with Gasteiger partial charge in [0.1, 0.15) is 22.3 Å². The number of hydrogen-bond donors (Lipinski definition) is 0. The van der Waals surface area contributed by atoms with Crippen LogP contribution in [0.15, 0.2) is 54.6 Å². The predicted octanol–water partition coefficient (Wildman–Crippen LogP) is 6.10. The summed E-state index contributed by atoms with van der Waals surface area (Å²) < 4.78 is 10.6. The van der Waals surface area contributed by atoms with Crippen molar-refractivity contribution in [2.75, 3.05) is 11.4 Å². The molecule has 0 heterocycles. The Morgan fingerprint density at radius 2 is 1.53 bits per heavy atom. The van der Waals surface area contributed by atoms with Gasteiger partial charge in [-0.1, -0.05) is 24.8 Å². The molecule has 0 aliphatic carbocycles. The Morgan fingerprint density at radius 1 is 0.944 bits per heavy atom. The van der Waals surface area contributed by atoms with Gasteiger partial charge in [-0.2, -0.15) is 0 Å². The highest BCUT2D eigenvalue weighted by molar-refractivity contribution is 6.25. The average Bonchev–Trinajstić information content (AvgIpc) is 2.76. The van der Waals surface area contributed by atoms with Crippen molar-refractivity contribution in [3.63, 3.8) is 0 Å². The first kappa shape index (κ1) is 28.2. The van der Waals surface area contributed by atoms with E-state index in [0.717, 1.165) is 0 Å². The van der Waals surface area contributed by atoms with E-state index < -0.39 is 45.2 Å². The van der Waals surface area contributed by atoms with E-state index in [9.17, 15) is 24.5 Å². The van der Waals surface area contributed by atoms with Crippen molar-refractivity contribution >= 4 is 29.2 Å². The number of carbonyl (C=O) groups is 3. The highest BCUT2D eigenvalue weighted by atomic mass is 16.6. The molecule has 2 aromatic rings. The topological polar surface area (TPSA) is 116 Å². The van der Waals surface area contributed by atoms with Crippen LogP contribution in [-0.4, -0.2) is 40.5 Å². The summed E-state index contributed by atoms with van der Waals surface area (Å²) in [5.74, 6) is -1.83. The first-order chi connectivity index (χ1) is 16.5. The Balaban J connectivity index is 2.44. The maximum atomic E-state index is 12.9. The first-order valence-corrected chi connectivity index (χ1v) is 11.4. The number of anilines is 1. The third-order valence-corrected chi connectivity index (χ3v) is 4.78. The highest BCUT2D eigenvalue weighted by Crippen LogP contribution is 2.31. The summed E-state index contributed by atoms with van der Waals surface area (Å²) in [5, 5.41) is 11.8. The van der Waals surface area contributed by atoms with Gasteiger partial charge in [-0.15, -0.1) is 0 Å². The lowest BCUT2D eigenvalue weighted by Gasteiger charge is -2.26. The van der Waals surface area contributed by atoms with Crippen LogP contribution < -0.4 is 4.90 Å². The van der Waals surface area contributed by atoms with Crippen molar-refractivity contribution in [3.05, 3.63) is 70.3 Å². The Bertz CT molecular complexity index is 1200. The van der Waals surface area contributed by atoms with Gasteiger partial charge in [-0.05, 0) is 77.8 Å². The van der Waals surface area contributed by atoms with Crippen molar-refractivity contribution in [3.8, 4) is 11.1 Å². The second-order valence-corrected chi connectivity index (χ2v) is 10.1. The number of nitro benzene ring substituents is 1. The minimum atomic E-state index is -0.944. The molecule has 0 bridgehead atoms. The fourth-order valence-electron chi connectivity index (χ4n) is 3.24.